The topological polar surface area (TPSA) is 38.0 Å². The van der Waals surface area contributed by atoms with Crippen LogP contribution in [0.25, 0.3) is 11.1 Å². The van der Waals surface area contributed by atoms with Gasteiger partial charge in [-0.15, -0.1) is 11.3 Å². The highest BCUT2D eigenvalue weighted by molar-refractivity contribution is 7.14. The number of thiophene rings is 1. The molecule has 0 aliphatic carbocycles. The van der Waals surface area contributed by atoms with Gasteiger partial charge in [-0.25, -0.2) is 5.84 Å². The fourth-order valence-electron chi connectivity index (χ4n) is 1.50. The minimum atomic E-state index is 0.990. The standard InChI is InChI=1S/C12H14N2S/c1-2-9-3-5-10(6-4-9)11-7-12(14-13)15-8-11/h3-8,14H,2,13H2,1H3. The number of benzene rings is 1. The Labute approximate surface area is 93.7 Å². The van der Waals surface area contributed by atoms with E-state index >= 15 is 0 Å². The minimum absolute atomic E-state index is 0.990. The molecule has 0 aliphatic heterocycles. The zero-order chi connectivity index (χ0) is 10.7. The fraction of sp³-hybridized carbons (Fsp3) is 0.167. The third-order valence-electron chi connectivity index (χ3n) is 2.44. The lowest BCUT2D eigenvalue weighted by atomic mass is 10.1. The third-order valence-corrected chi connectivity index (χ3v) is 3.30. The monoisotopic (exact) mass is 218 g/mol. The average molecular weight is 218 g/mol. The van der Waals surface area contributed by atoms with Gasteiger partial charge in [-0.2, -0.15) is 0 Å². The van der Waals surface area contributed by atoms with E-state index in [2.05, 4.69) is 48.1 Å². The summed E-state index contributed by atoms with van der Waals surface area (Å²) in [4.78, 5) is 0. The zero-order valence-electron chi connectivity index (χ0n) is 8.66. The van der Waals surface area contributed by atoms with Crippen LogP contribution in [0, 0.1) is 0 Å². The van der Waals surface area contributed by atoms with E-state index in [-0.39, 0.29) is 0 Å². The van der Waals surface area contributed by atoms with Crippen molar-refractivity contribution in [3.05, 3.63) is 41.3 Å². The summed E-state index contributed by atoms with van der Waals surface area (Å²) in [7, 11) is 0. The number of nitrogens with two attached hydrogens (primary N) is 1. The highest BCUT2D eigenvalue weighted by Gasteiger charge is 2.01. The number of hydrogen-bond donors (Lipinski definition) is 2. The summed E-state index contributed by atoms with van der Waals surface area (Å²) in [6.07, 6.45) is 1.08. The Bertz CT molecular complexity index is 431. The number of aryl methyl sites for hydroxylation is 1. The molecule has 2 rings (SSSR count). The molecule has 1 aromatic carbocycles. The number of rotatable bonds is 3. The van der Waals surface area contributed by atoms with Crippen LogP contribution < -0.4 is 11.3 Å². The molecule has 1 aromatic heterocycles. The van der Waals surface area contributed by atoms with Gasteiger partial charge in [-0.05, 0) is 29.2 Å². The molecule has 0 saturated carbocycles. The van der Waals surface area contributed by atoms with Crippen molar-refractivity contribution >= 4 is 16.3 Å². The minimum Gasteiger partial charge on any atom is -0.315 e. The van der Waals surface area contributed by atoms with E-state index in [4.69, 9.17) is 5.84 Å². The van der Waals surface area contributed by atoms with Crippen molar-refractivity contribution in [3.63, 3.8) is 0 Å². The smallest absolute Gasteiger partial charge is 0.103 e. The first-order valence-electron chi connectivity index (χ1n) is 4.98. The van der Waals surface area contributed by atoms with Gasteiger partial charge in [0.05, 0.1) is 0 Å². The summed E-state index contributed by atoms with van der Waals surface area (Å²) in [5.41, 5.74) is 6.48. The highest BCUT2D eigenvalue weighted by Crippen LogP contribution is 2.28. The van der Waals surface area contributed by atoms with Crippen LogP contribution in [0.5, 0.6) is 0 Å². The maximum atomic E-state index is 5.35. The van der Waals surface area contributed by atoms with Crippen LogP contribution in [0.15, 0.2) is 35.7 Å². The second-order valence-corrected chi connectivity index (χ2v) is 4.31. The van der Waals surface area contributed by atoms with E-state index in [1.54, 1.807) is 11.3 Å². The Hall–Kier alpha value is -1.32. The fourth-order valence-corrected chi connectivity index (χ4v) is 2.22. The molecule has 2 aromatic rings. The molecule has 0 radical (unpaired) electrons. The van der Waals surface area contributed by atoms with E-state index in [1.807, 2.05) is 0 Å². The lowest BCUT2D eigenvalue weighted by Crippen LogP contribution is -2.04. The zero-order valence-corrected chi connectivity index (χ0v) is 9.47. The summed E-state index contributed by atoms with van der Waals surface area (Å²) in [6.45, 7) is 2.16. The van der Waals surface area contributed by atoms with E-state index in [0.717, 1.165) is 11.4 Å². The van der Waals surface area contributed by atoms with E-state index in [9.17, 15) is 0 Å². The molecule has 1 heterocycles. The first kappa shape index (κ1) is 10.2. The maximum Gasteiger partial charge on any atom is 0.103 e. The van der Waals surface area contributed by atoms with Gasteiger partial charge in [0.25, 0.3) is 0 Å². The summed E-state index contributed by atoms with van der Waals surface area (Å²) in [6, 6.07) is 10.7. The SMILES string of the molecule is CCc1ccc(-c2csc(NN)c2)cc1. The van der Waals surface area contributed by atoms with Gasteiger partial charge in [0.15, 0.2) is 0 Å². The Morgan fingerprint density at radius 1 is 1.20 bits per heavy atom. The second kappa shape index (κ2) is 4.47. The lowest BCUT2D eigenvalue weighted by Gasteiger charge is -1.99. The van der Waals surface area contributed by atoms with Crippen molar-refractivity contribution < 1.29 is 0 Å². The van der Waals surface area contributed by atoms with Crippen molar-refractivity contribution in [1.29, 1.82) is 0 Å². The number of nitrogens with one attached hydrogen (secondary N) is 1. The summed E-state index contributed by atoms with van der Waals surface area (Å²) >= 11 is 1.62. The van der Waals surface area contributed by atoms with Crippen LogP contribution in [-0.2, 0) is 6.42 Å². The van der Waals surface area contributed by atoms with Crippen LogP contribution in [0.3, 0.4) is 0 Å². The van der Waals surface area contributed by atoms with E-state index in [1.165, 1.54) is 16.7 Å². The second-order valence-electron chi connectivity index (χ2n) is 3.39. The molecule has 0 fully saturated rings. The molecule has 0 amide bonds. The van der Waals surface area contributed by atoms with Gasteiger partial charge in [0, 0.05) is 5.38 Å². The van der Waals surface area contributed by atoms with Gasteiger partial charge < -0.3 is 5.43 Å². The number of anilines is 1. The van der Waals surface area contributed by atoms with Crippen molar-refractivity contribution in [2.75, 3.05) is 5.43 Å². The Kier molecular flexibility index (Phi) is 3.04. The molecule has 0 atom stereocenters. The Balaban J connectivity index is 2.28. The molecule has 3 heteroatoms. The van der Waals surface area contributed by atoms with Crippen molar-refractivity contribution in [2.24, 2.45) is 5.84 Å². The molecular formula is C12H14N2S. The predicted molar refractivity (Wildman–Crippen MR) is 66.9 cm³/mol. The van der Waals surface area contributed by atoms with Crippen LogP contribution in [0.4, 0.5) is 5.00 Å². The normalized spacial score (nSPS) is 10.3. The number of hydrazine groups is 1. The van der Waals surface area contributed by atoms with Crippen LogP contribution in [0.1, 0.15) is 12.5 Å². The number of nitrogen functional groups attached to an aromatic ring is 1. The van der Waals surface area contributed by atoms with Gasteiger partial charge in [-0.1, -0.05) is 31.2 Å². The Morgan fingerprint density at radius 3 is 2.47 bits per heavy atom. The highest BCUT2D eigenvalue weighted by atomic mass is 32.1. The first-order chi connectivity index (χ1) is 7.33. The summed E-state index contributed by atoms with van der Waals surface area (Å²) in [5.74, 6) is 5.35. The van der Waals surface area contributed by atoms with Crippen LogP contribution >= 0.6 is 11.3 Å². The maximum absolute atomic E-state index is 5.35. The summed E-state index contributed by atoms with van der Waals surface area (Å²) in [5, 5.41) is 3.10. The average Bonchev–Trinajstić information content (AvgIpc) is 2.78. The molecule has 2 nitrogen and oxygen atoms in total. The van der Waals surface area contributed by atoms with Crippen LogP contribution in [-0.4, -0.2) is 0 Å². The molecule has 0 aliphatic rings. The molecule has 0 saturated heterocycles. The van der Waals surface area contributed by atoms with Crippen molar-refractivity contribution in [2.45, 2.75) is 13.3 Å². The predicted octanol–water partition coefficient (Wildman–Crippen LogP) is 3.26. The number of hydrogen-bond acceptors (Lipinski definition) is 3. The van der Waals surface area contributed by atoms with E-state index in [0.29, 0.717) is 0 Å². The quantitative estimate of drug-likeness (QED) is 0.613. The molecule has 0 spiro atoms. The molecule has 15 heavy (non-hydrogen) atoms. The molecule has 78 valence electrons. The Morgan fingerprint density at radius 2 is 1.93 bits per heavy atom. The molecular weight excluding hydrogens is 204 g/mol. The van der Waals surface area contributed by atoms with Crippen molar-refractivity contribution in [1.82, 2.24) is 0 Å². The van der Waals surface area contributed by atoms with Gasteiger partial charge in [-0.3, -0.25) is 0 Å². The van der Waals surface area contributed by atoms with Gasteiger partial charge in [0.2, 0.25) is 0 Å². The molecule has 3 N–H and O–H groups in total. The molecule has 0 bridgehead atoms. The van der Waals surface area contributed by atoms with Crippen LogP contribution in [0.2, 0.25) is 0 Å². The summed E-state index contributed by atoms with van der Waals surface area (Å²) < 4.78 is 0. The van der Waals surface area contributed by atoms with Gasteiger partial charge >= 0.3 is 0 Å². The first-order valence-corrected chi connectivity index (χ1v) is 5.86. The molecule has 0 unspecified atom stereocenters. The van der Waals surface area contributed by atoms with Crippen molar-refractivity contribution in [3.8, 4) is 11.1 Å². The van der Waals surface area contributed by atoms with E-state index < -0.39 is 0 Å². The largest absolute Gasteiger partial charge is 0.315 e. The van der Waals surface area contributed by atoms with Gasteiger partial charge in [0.1, 0.15) is 5.00 Å². The lowest BCUT2D eigenvalue weighted by molar-refractivity contribution is 1.14. The third kappa shape index (κ3) is 2.19.